The van der Waals surface area contributed by atoms with Crippen molar-refractivity contribution in [2.45, 2.75) is 31.1 Å². The van der Waals surface area contributed by atoms with Crippen molar-refractivity contribution in [1.29, 1.82) is 0 Å². The van der Waals surface area contributed by atoms with Gasteiger partial charge in [0.15, 0.2) is 0 Å². The predicted molar refractivity (Wildman–Crippen MR) is 36.6 cm³/mol. The minimum atomic E-state index is -4.44. The van der Waals surface area contributed by atoms with Gasteiger partial charge in [0.2, 0.25) is 5.92 Å². The molecule has 14 heavy (non-hydrogen) atoms. The van der Waals surface area contributed by atoms with Crippen LogP contribution in [0, 0.1) is 5.41 Å². The second-order valence-corrected chi connectivity index (χ2v) is 3.62. The number of nitrogens with two attached hydrogens (primary N) is 1. The van der Waals surface area contributed by atoms with E-state index in [1.165, 1.54) is 0 Å². The van der Waals surface area contributed by atoms with Gasteiger partial charge in [-0.2, -0.15) is 8.78 Å². The van der Waals surface area contributed by atoms with Crippen LogP contribution in [0.3, 0.4) is 0 Å². The van der Waals surface area contributed by atoms with Crippen LogP contribution < -0.4 is 5.73 Å². The molecule has 0 unspecified atom stereocenters. The summed E-state index contributed by atoms with van der Waals surface area (Å²) in [6, 6.07) is 0. The van der Waals surface area contributed by atoms with Crippen molar-refractivity contribution < 1.29 is 26.3 Å². The summed E-state index contributed by atoms with van der Waals surface area (Å²) in [5.74, 6) is -7.74. The second kappa shape index (κ2) is 3.01. The van der Waals surface area contributed by atoms with E-state index in [-0.39, 0.29) is 0 Å². The lowest BCUT2D eigenvalue weighted by atomic mass is 9.62. The van der Waals surface area contributed by atoms with Crippen LogP contribution in [0.25, 0.3) is 0 Å². The summed E-state index contributed by atoms with van der Waals surface area (Å²) in [5.41, 5.74) is 2.43. The molecule has 0 aromatic heterocycles. The molecule has 0 spiro atoms. The van der Waals surface area contributed by atoms with Crippen LogP contribution >= 0.6 is 0 Å². The van der Waals surface area contributed by atoms with E-state index >= 15 is 0 Å². The van der Waals surface area contributed by atoms with Crippen molar-refractivity contribution in [2.24, 2.45) is 11.1 Å². The molecule has 0 aliphatic heterocycles. The standard InChI is InChI=1S/C7H9F6N/c8-4(9)7(12,13)5(3-14)1-6(10,11)2-5/h4H,1-3,14H2. The van der Waals surface area contributed by atoms with Gasteiger partial charge in [-0.1, -0.05) is 0 Å². The lowest BCUT2D eigenvalue weighted by Gasteiger charge is -2.50. The highest BCUT2D eigenvalue weighted by Gasteiger charge is 2.70. The van der Waals surface area contributed by atoms with Gasteiger partial charge in [-0.3, -0.25) is 0 Å². The van der Waals surface area contributed by atoms with E-state index in [0.29, 0.717) is 0 Å². The maximum atomic E-state index is 12.8. The summed E-state index contributed by atoms with van der Waals surface area (Å²) in [4.78, 5) is 0. The van der Waals surface area contributed by atoms with Crippen LogP contribution in [0.2, 0.25) is 0 Å². The molecule has 0 aromatic carbocycles. The van der Waals surface area contributed by atoms with Crippen LogP contribution in [-0.4, -0.2) is 24.8 Å². The molecule has 1 saturated carbocycles. The zero-order valence-corrected chi connectivity index (χ0v) is 7.04. The SMILES string of the molecule is NCC1(C(F)(F)C(F)F)CC(F)(F)C1. The minimum absolute atomic E-state index is 0.861. The molecule has 1 rings (SSSR count). The molecular weight excluding hydrogens is 212 g/mol. The molecule has 2 N–H and O–H groups in total. The third-order valence-electron chi connectivity index (χ3n) is 2.57. The Morgan fingerprint density at radius 1 is 1.21 bits per heavy atom. The molecule has 0 aromatic rings. The summed E-state index contributed by atoms with van der Waals surface area (Å²) < 4.78 is 74.2. The van der Waals surface area contributed by atoms with Gasteiger partial charge in [0.1, 0.15) is 0 Å². The maximum absolute atomic E-state index is 12.8. The molecular formula is C7H9F6N. The first-order valence-corrected chi connectivity index (χ1v) is 3.91. The van der Waals surface area contributed by atoms with Crippen LogP contribution in [-0.2, 0) is 0 Å². The van der Waals surface area contributed by atoms with Crippen molar-refractivity contribution >= 4 is 0 Å². The van der Waals surface area contributed by atoms with E-state index in [9.17, 15) is 26.3 Å². The van der Waals surface area contributed by atoms with E-state index in [1.807, 2.05) is 0 Å². The topological polar surface area (TPSA) is 26.0 Å². The maximum Gasteiger partial charge on any atom is 0.314 e. The highest BCUT2D eigenvalue weighted by Crippen LogP contribution is 2.60. The molecule has 1 fully saturated rings. The van der Waals surface area contributed by atoms with E-state index in [2.05, 4.69) is 0 Å². The lowest BCUT2D eigenvalue weighted by molar-refractivity contribution is -0.288. The molecule has 0 atom stereocenters. The number of alkyl halides is 6. The van der Waals surface area contributed by atoms with E-state index in [1.54, 1.807) is 0 Å². The van der Waals surface area contributed by atoms with Gasteiger partial charge >= 0.3 is 12.3 Å². The average molecular weight is 221 g/mol. The summed E-state index contributed by atoms with van der Waals surface area (Å²) in [7, 11) is 0. The van der Waals surface area contributed by atoms with Crippen LogP contribution in [0.5, 0.6) is 0 Å². The normalized spacial score (nSPS) is 24.9. The van der Waals surface area contributed by atoms with Crippen LogP contribution in [0.4, 0.5) is 26.3 Å². The number of halogens is 6. The molecule has 0 saturated heterocycles. The van der Waals surface area contributed by atoms with Crippen molar-refractivity contribution in [3.8, 4) is 0 Å². The minimum Gasteiger partial charge on any atom is -0.330 e. The molecule has 0 bridgehead atoms. The second-order valence-electron chi connectivity index (χ2n) is 3.62. The first-order valence-electron chi connectivity index (χ1n) is 3.91. The van der Waals surface area contributed by atoms with Crippen molar-refractivity contribution in [3.63, 3.8) is 0 Å². The van der Waals surface area contributed by atoms with Gasteiger partial charge in [0.05, 0.1) is 5.41 Å². The number of rotatable bonds is 3. The van der Waals surface area contributed by atoms with Crippen molar-refractivity contribution in [3.05, 3.63) is 0 Å². The van der Waals surface area contributed by atoms with Gasteiger partial charge in [-0.25, -0.2) is 17.6 Å². The Bertz CT molecular complexity index is 218. The third-order valence-corrected chi connectivity index (χ3v) is 2.57. The fraction of sp³-hybridized carbons (Fsp3) is 1.00. The highest BCUT2D eigenvalue weighted by atomic mass is 19.3. The van der Waals surface area contributed by atoms with E-state index in [0.717, 1.165) is 0 Å². The molecule has 0 heterocycles. The molecule has 1 aliphatic carbocycles. The van der Waals surface area contributed by atoms with Crippen LogP contribution in [0.15, 0.2) is 0 Å². The molecule has 1 aliphatic rings. The Kier molecular flexibility index (Phi) is 2.50. The Labute approximate surface area is 76.3 Å². The number of hydrogen-bond donors (Lipinski definition) is 1. The van der Waals surface area contributed by atoms with E-state index < -0.39 is 43.1 Å². The number of hydrogen-bond acceptors (Lipinski definition) is 1. The predicted octanol–water partition coefficient (Wildman–Crippen LogP) is 2.26. The Balaban J connectivity index is 2.84. The monoisotopic (exact) mass is 221 g/mol. The molecule has 7 heteroatoms. The first kappa shape index (κ1) is 11.6. The third kappa shape index (κ3) is 1.47. The smallest absolute Gasteiger partial charge is 0.314 e. The van der Waals surface area contributed by atoms with Gasteiger partial charge in [0.25, 0.3) is 0 Å². The Hall–Kier alpha value is -0.460. The fourth-order valence-electron chi connectivity index (χ4n) is 1.69. The summed E-state index contributed by atoms with van der Waals surface area (Å²) in [6.45, 7) is -0.861. The summed E-state index contributed by atoms with van der Waals surface area (Å²) >= 11 is 0. The largest absolute Gasteiger partial charge is 0.330 e. The molecule has 0 radical (unpaired) electrons. The van der Waals surface area contributed by atoms with Crippen molar-refractivity contribution in [2.75, 3.05) is 6.54 Å². The fourth-order valence-corrected chi connectivity index (χ4v) is 1.69. The lowest BCUT2D eigenvalue weighted by Crippen LogP contribution is -2.62. The van der Waals surface area contributed by atoms with Gasteiger partial charge in [-0.05, 0) is 0 Å². The quantitative estimate of drug-likeness (QED) is 0.727. The zero-order chi connectivity index (χ0) is 11.2. The molecule has 84 valence electrons. The van der Waals surface area contributed by atoms with Crippen LogP contribution in [0.1, 0.15) is 12.8 Å². The average Bonchev–Trinajstić information content (AvgIpc) is 1.98. The Morgan fingerprint density at radius 2 is 1.64 bits per heavy atom. The first-order chi connectivity index (χ1) is 6.17. The Morgan fingerprint density at radius 3 is 1.86 bits per heavy atom. The summed E-state index contributed by atoms with van der Waals surface area (Å²) in [5, 5.41) is 0. The molecule has 0 amide bonds. The summed E-state index contributed by atoms with van der Waals surface area (Å²) in [6.07, 6.45) is -6.50. The van der Waals surface area contributed by atoms with Crippen molar-refractivity contribution in [1.82, 2.24) is 0 Å². The van der Waals surface area contributed by atoms with Gasteiger partial charge in [-0.15, -0.1) is 0 Å². The highest BCUT2D eigenvalue weighted by molar-refractivity contribution is 5.08. The zero-order valence-electron chi connectivity index (χ0n) is 7.04. The molecule has 1 nitrogen and oxygen atoms in total. The van der Waals surface area contributed by atoms with Gasteiger partial charge < -0.3 is 5.73 Å². The van der Waals surface area contributed by atoms with E-state index in [4.69, 9.17) is 5.73 Å². The van der Waals surface area contributed by atoms with Gasteiger partial charge in [0, 0.05) is 19.4 Å².